The van der Waals surface area contributed by atoms with Gasteiger partial charge in [-0.1, -0.05) is 24.3 Å². The number of aliphatic hydroxyl groups excluding tert-OH is 1. The zero-order chi connectivity index (χ0) is 9.97. The zero-order valence-corrected chi connectivity index (χ0v) is 8.23. The molecule has 1 aromatic rings. The Morgan fingerprint density at radius 3 is 3.14 bits per heavy atom. The fourth-order valence-corrected chi connectivity index (χ4v) is 1.68. The van der Waals surface area contributed by atoms with E-state index >= 15 is 0 Å². The third-order valence-electron chi connectivity index (χ3n) is 2.47. The van der Waals surface area contributed by atoms with Gasteiger partial charge in [-0.25, -0.2) is 0 Å². The first-order chi connectivity index (χ1) is 6.83. The average Bonchev–Trinajstić information content (AvgIpc) is 2.16. The van der Waals surface area contributed by atoms with E-state index in [0.717, 1.165) is 17.7 Å². The standard InChI is InChI=1S/C12H14O2/c1-2-3-7-14-11-6-4-5-9-8-10(13)12(9)11/h2-6,10,13H,7-8H2,1H3/b3-2+/t10-/m0/s1. The molecule has 1 aliphatic rings. The van der Waals surface area contributed by atoms with E-state index in [0.29, 0.717) is 6.61 Å². The van der Waals surface area contributed by atoms with E-state index in [1.165, 1.54) is 5.56 Å². The fraction of sp³-hybridized carbons (Fsp3) is 0.333. The topological polar surface area (TPSA) is 29.5 Å². The molecule has 0 saturated heterocycles. The summed E-state index contributed by atoms with van der Waals surface area (Å²) in [6.45, 7) is 2.53. The van der Waals surface area contributed by atoms with Gasteiger partial charge in [-0.2, -0.15) is 0 Å². The zero-order valence-electron chi connectivity index (χ0n) is 8.23. The SMILES string of the molecule is C/C=C/COc1cccc2c1[C@@H](O)C2. The smallest absolute Gasteiger partial charge is 0.125 e. The lowest BCUT2D eigenvalue weighted by molar-refractivity contribution is 0.147. The maximum Gasteiger partial charge on any atom is 0.125 e. The summed E-state index contributed by atoms with van der Waals surface area (Å²) in [6, 6.07) is 5.91. The predicted molar refractivity (Wildman–Crippen MR) is 55.4 cm³/mol. The van der Waals surface area contributed by atoms with Gasteiger partial charge in [0.2, 0.25) is 0 Å². The first-order valence-corrected chi connectivity index (χ1v) is 4.86. The number of benzene rings is 1. The Bertz CT molecular complexity index is 355. The van der Waals surface area contributed by atoms with Crippen LogP contribution in [0, 0.1) is 0 Å². The number of fused-ring (bicyclic) bond motifs is 1. The molecule has 0 spiro atoms. The summed E-state index contributed by atoms with van der Waals surface area (Å²) < 4.78 is 5.53. The Balaban J connectivity index is 2.14. The molecule has 0 saturated carbocycles. The largest absolute Gasteiger partial charge is 0.489 e. The molecule has 2 rings (SSSR count). The van der Waals surface area contributed by atoms with E-state index in [2.05, 4.69) is 0 Å². The Kier molecular flexibility index (Phi) is 2.55. The Labute approximate surface area is 83.8 Å². The second kappa shape index (κ2) is 3.84. The quantitative estimate of drug-likeness (QED) is 0.740. The van der Waals surface area contributed by atoms with Crippen LogP contribution in [-0.2, 0) is 6.42 Å². The molecule has 74 valence electrons. The van der Waals surface area contributed by atoms with Crippen LogP contribution in [0.3, 0.4) is 0 Å². The van der Waals surface area contributed by atoms with Crippen LogP contribution in [0.1, 0.15) is 24.2 Å². The third kappa shape index (κ3) is 1.53. The third-order valence-corrected chi connectivity index (χ3v) is 2.47. The number of aliphatic hydroxyl groups is 1. The fourth-order valence-electron chi connectivity index (χ4n) is 1.68. The van der Waals surface area contributed by atoms with Crippen LogP contribution in [0.25, 0.3) is 0 Å². The van der Waals surface area contributed by atoms with Gasteiger partial charge in [-0.3, -0.25) is 0 Å². The lowest BCUT2D eigenvalue weighted by Gasteiger charge is -2.27. The van der Waals surface area contributed by atoms with Gasteiger partial charge in [-0.15, -0.1) is 0 Å². The van der Waals surface area contributed by atoms with E-state index in [1.54, 1.807) is 0 Å². The highest BCUT2D eigenvalue weighted by molar-refractivity contribution is 5.48. The second-order valence-electron chi connectivity index (χ2n) is 3.43. The second-order valence-corrected chi connectivity index (χ2v) is 3.43. The van der Waals surface area contributed by atoms with Crippen molar-refractivity contribution in [2.75, 3.05) is 6.61 Å². The van der Waals surface area contributed by atoms with Crippen molar-refractivity contribution in [3.63, 3.8) is 0 Å². The van der Waals surface area contributed by atoms with Crippen molar-refractivity contribution in [2.24, 2.45) is 0 Å². The molecular weight excluding hydrogens is 176 g/mol. The number of hydrogen-bond acceptors (Lipinski definition) is 2. The van der Waals surface area contributed by atoms with Crippen molar-refractivity contribution >= 4 is 0 Å². The molecule has 2 heteroatoms. The molecule has 0 bridgehead atoms. The van der Waals surface area contributed by atoms with Crippen molar-refractivity contribution in [3.8, 4) is 5.75 Å². The molecule has 0 aliphatic heterocycles. The highest BCUT2D eigenvalue weighted by Crippen LogP contribution is 2.39. The monoisotopic (exact) mass is 190 g/mol. The molecular formula is C12H14O2. The molecule has 1 N–H and O–H groups in total. The highest BCUT2D eigenvalue weighted by atomic mass is 16.5. The number of ether oxygens (including phenoxy) is 1. The van der Waals surface area contributed by atoms with Gasteiger partial charge < -0.3 is 9.84 Å². The summed E-state index contributed by atoms with van der Waals surface area (Å²) in [4.78, 5) is 0. The predicted octanol–water partition coefficient (Wildman–Crippen LogP) is 2.23. The van der Waals surface area contributed by atoms with Crippen LogP contribution < -0.4 is 4.74 Å². The van der Waals surface area contributed by atoms with E-state index in [9.17, 15) is 5.11 Å². The summed E-state index contributed by atoms with van der Waals surface area (Å²) in [6.07, 6.45) is 4.33. The van der Waals surface area contributed by atoms with Gasteiger partial charge in [0.15, 0.2) is 0 Å². The van der Waals surface area contributed by atoms with Gasteiger partial charge in [0, 0.05) is 12.0 Å². The van der Waals surface area contributed by atoms with E-state index in [4.69, 9.17) is 4.74 Å². The van der Waals surface area contributed by atoms with Crippen molar-refractivity contribution in [3.05, 3.63) is 41.5 Å². The molecule has 1 atom stereocenters. The van der Waals surface area contributed by atoms with Crippen LogP contribution in [0.15, 0.2) is 30.4 Å². The summed E-state index contributed by atoms with van der Waals surface area (Å²) in [5.41, 5.74) is 2.17. The minimum atomic E-state index is -0.327. The van der Waals surface area contributed by atoms with Crippen LogP contribution >= 0.6 is 0 Å². The van der Waals surface area contributed by atoms with E-state index < -0.39 is 0 Å². The van der Waals surface area contributed by atoms with E-state index in [1.807, 2.05) is 37.3 Å². The Morgan fingerprint density at radius 1 is 1.57 bits per heavy atom. The number of hydrogen-bond donors (Lipinski definition) is 1. The van der Waals surface area contributed by atoms with Crippen molar-refractivity contribution in [2.45, 2.75) is 19.4 Å². The molecule has 2 nitrogen and oxygen atoms in total. The minimum absolute atomic E-state index is 0.327. The number of rotatable bonds is 3. The van der Waals surface area contributed by atoms with Gasteiger partial charge in [0.1, 0.15) is 12.4 Å². The van der Waals surface area contributed by atoms with Crippen molar-refractivity contribution in [1.82, 2.24) is 0 Å². The highest BCUT2D eigenvalue weighted by Gasteiger charge is 2.27. The molecule has 14 heavy (non-hydrogen) atoms. The van der Waals surface area contributed by atoms with Gasteiger partial charge in [0.05, 0.1) is 6.10 Å². The van der Waals surface area contributed by atoms with Crippen LogP contribution in [0.5, 0.6) is 5.75 Å². The maximum absolute atomic E-state index is 9.54. The van der Waals surface area contributed by atoms with Crippen LogP contribution in [0.4, 0.5) is 0 Å². The molecule has 0 unspecified atom stereocenters. The lowest BCUT2D eigenvalue weighted by atomic mass is 9.85. The van der Waals surface area contributed by atoms with Gasteiger partial charge in [0.25, 0.3) is 0 Å². The first kappa shape index (κ1) is 9.28. The molecule has 0 radical (unpaired) electrons. The molecule has 0 fully saturated rings. The first-order valence-electron chi connectivity index (χ1n) is 4.86. The lowest BCUT2D eigenvalue weighted by Crippen LogP contribution is -2.18. The molecule has 0 amide bonds. The molecule has 0 heterocycles. The summed E-state index contributed by atoms with van der Waals surface area (Å²) in [5.74, 6) is 0.819. The van der Waals surface area contributed by atoms with E-state index in [-0.39, 0.29) is 6.10 Å². The Hall–Kier alpha value is -1.28. The van der Waals surface area contributed by atoms with Crippen LogP contribution in [-0.4, -0.2) is 11.7 Å². The number of allylic oxidation sites excluding steroid dienone is 1. The summed E-state index contributed by atoms with van der Waals surface area (Å²) in [7, 11) is 0. The van der Waals surface area contributed by atoms with Gasteiger partial charge in [-0.05, 0) is 18.6 Å². The Morgan fingerprint density at radius 2 is 2.43 bits per heavy atom. The van der Waals surface area contributed by atoms with Crippen molar-refractivity contribution < 1.29 is 9.84 Å². The van der Waals surface area contributed by atoms with Crippen molar-refractivity contribution in [1.29, 1.82) is 0 Å². The molecule has 1 aromatic carbocycles. The summed E-state index contributed by atoms with van der Waals surface area (Å²) in [5, 5.41) is 9.54. The summed E-state index contributed by atoms with van der Waals surface area (Å²) >= 11 is 0. The van der Waals surface area contributed by atoms with Gasteiger partial charge >= 0.3 is 0 Å². The average molecular weight is 190 g/mol. The molecule has 1 aliphatic carbocycles. The normalized spacial score (nSPS) is 19.1. The van der Waals surface area contributed by atoms with Crippen LogP contribution in [0.2, 0.25) is 0 Å². The molecule has 0 aromatic heterocycles. The minimum Gasteiger partial charge on any atom is -0.489 e. The maximum atomic E-state index is 9.54.